The van der Waals surface area contributed by atoms with Crippen molar-refractivity contribution in [2.45, 2.75) is 24.8 Å². The van der Waals surface area contributed by atoms with Gasteiger partial charge in [-0.2, -0.15) is 0 Å². The van der Waals surface area contributed by atoms with Crippen molar-refractivity contribution in [3.05, 3.63) is 72.7 Å². The van der Waals surface area contributed by atoms with Crippen molar-refractivity contribution in [3.8, 4) is 11.3 Å². The molecular weight excluding hydrogens is 376 g/mol. The van der Waals surface area contributed by atoms with Gasteiger partial charge in [-0.05, 0) is 30.3 Å². The molecule has 3 aromatic rings. The minimum absolute atomic E-state index is 0.0407. The van der Waals surface area contributed by atoms with Crippen LogP contribution in [0.3, 0.4) is 0 Å². The molecule has 0 atom stereocenters. The van der Waals surface area contributed by atoms with Crippen LogP contribution in [0.1, 0.15) is 19.0 Å². The van der Waals surface area contributed by atoms with Gasteiger partial charge in [-0.25, -0.2) is 23.1 Å². The molecule has 0 spiro atoms. The molecule has 0 bridgehead atoms. The van der Waals surface area contributed by atoms with Gasteiger partial charge in [0.05, 0.1) is 22.8 Å². The van der Waals surface area contributed by atoms with E-state index in [2.05, 4.69) is 20.0 Å². The standard InChI is InChI=1S/C20H20N4O3S/c1-2-20(25)24-16-8-10-18(11-9-16)28(26,27)23-13-17-12-19(22-14-21-17)15-6-4-3-5-7-15/h3-12,14,23H,2,13H2,1H3,(H,24,25). The molecule has 2 N–H and O–H groups in total. The normalized spacial score (nSPS) is 11.2. The second kappa shape index (κ2) is 8.73. The highest BCUT2D eigenvalue weighted by Crippen LogP contribution is 2.17. The van der Waals surface area contributed by atoms with Crippen LogP contribution in [0.5, 0.6) is 0 Å². The lowest BCUT2D eigenvalue weighted by Gasteiger charge is -2.09. The Labute approximate surface area is 163 Å². The van der Waals surface area contributed by atoms with Crippen molar-refractivity contribution in [3.63, 3.8) is 0 Å². The van der Waals surface area contributed by atoms with Gasteiger partial charge in [-0.15, -0.1) is 0 Å². The summed E-state index contributed by atoms with van der Waals surface area (Å²) in [4.78, 5) is 19.9. The third-order valence-corrected chi connectivity index (χ3v) is 5.42. The Bertz CT molecular complexity index is 1050. The molecule has 3 rings (SSSR count). The molecule has 7 nitrogen and oxygen atoms in total. The van der Waals surface area contributed by atoms with Crippen LogP contribution < -0.4 is 10.0 Å². The van der Waals surface area contributed by atoms with Gasteiger partial charge in [-0.3, -0.25) is 4.79 Å². The summed E-state index contributed by atoms with van der Waals surface area (Å²) in [6.45, 7) is 1.79. The van der Waals surface area contributed by atoms with Crippen molar-refractivity contribution < 1.29 is 13.2 Å². The molecular formula is C20H20N4O3S. The first kappa shape index (κ1) is 19.7. The average molecular weight is 396 g/mol. The van der Waals surface area contributed by atoms with Crippen molar-refractivity contribution >= 4 is 21.6 Å². The third-order valence-electron chi connectivity index (χ3n) is 4.01. The topological polar surface area (TPSA) is 101 Å². The van der Waals surface area contributed by atoms with Crippen LogP contribution in [0.4, 0.5) is 5.69 Å². The molecule has 0 unspecified atom stereocenters. The summed E-state index contributed by atoms with van der Waals surface area (Å²) in [5, 5.41) is 2.68. The van der Waals surface area contributed by atoms with Crippen LogP contribution in [0.2, 0.25) is 0 Å². The van der Waals surface area contributed by atoms with Crippen LogP contribution in [0.15, 0.2) is 71.9 Å². The maximum atomic E-state index is 12.5. The minimum atomic E-state index is -3.71. The molecule has 0 radical (unpaired) electrons. The molecule has 2 aromatic carbocycles. The summed E-state index contributed by atoms with van der Waals surface area (Å²) >= 11 is 0. The lowest BCUT2D eigenvalue weighted by Crippen LogP contribution is -2.23. The van der Waals surface area contributed by atoms with E-state index >= 15 is 0 Å². The number of hydrogen-bond acceptors (Lipinski definition) is 5. The van der Waals surface area contributed by atoms with Gasteiger partial charge in [-0.1, -0.05) is 37.3 Å². The number of sulfonamides is 1. The maximum Gasteiger partial charge on any atom is 0.240 e. The average Bonchev–Trinajstić information content (AvgIpc) is 2.73. The lowest BCUT2D eigenvalue weighted by molar-refractivity contribution is -0.115. The number of benzene rings is 2. The molecule has 1 amide bonds. The first-order valence-corrected chi connectivity index (χ1v) is 10.2. The number of hydrogen-bond donors (Lipinski definition) is 2. The Morgan fingerprint density at radius 1 is 1.00 bits per heavy atom. The van der Waals surface area contributed by atoms with E-state index in [0.29, 0.717) is 17.8 Å². The summed E-state index contributed by atoms with van der Waals surface area (Å²) in [6, 6.07) is 17.3. The number of anilines is 1. The van der Waals surface area contributed by atoms with Crippen molar-refractivity contribution in [2.75, 3.05) is 5.32 Å². The van der Waals surface area contributed by atoms with E-state index in [1.807, 2.05) is 30.3 Å². The zero-order valence-electron chi connectivity index (χ0n) is 15.3. The summed E-state index contributed by atoms with van der Waals surface area (Å²) < 4.78 is 27.6. The number of nitrogens with one attached hydrogen (secondary N) is 2. The predicted octanol–water partition coefficient (Wildman–Crippen LogP) is 2.97. The van der Waals surface area contributed by atoms with Crippen LogP contribution in [0.25, 0.3) is 11.3 Å². The summed E-state index contributed by atoms with van der Waals surface area (Å²) in [5.74, 6) is -0.133. The molecule has 0 saturated carbocycles. The van der Waals surface area contributed by atoms with Crippen LogP contribution in [-0.4, -0.2) is 24.3 Å². The highest BCUT2D eigenvalue weighted by Gasteiger charge is 2.14. The number of carbonyl (C=O) groups is 1. The second-order valence-electron chi connectivity index (χ2n) is 6.01. The Morgan fingerprint density at radius 3 is 2.39 bits per heavy atom. The Balaban J connectivity index is 1.69. The molecule has 0 aliphatic carbocycles. The zero-order valence-corrected chi connectivity index (χ0v) is 16.1. The van der Waals surface area contributed by atoms with E-state index in [9.17, 15) is 13.2 Å². The number of carbonyl (C=O) groups excluding carboxylic acids is 1. The van der Waals surface area contributed by atoms with E-state index < -0.39 is 10.0 Å². The van der Waals surface area contributed by atoms with E-state index in [1.165, 1.54) is 18.5 Å². The Hall–Kier alpha value is -3.10. The quantitative estimate of drug-likeness (QED) is 0.639. The Kier molecular flexibility index (Phi) is 6.13. The highest BCUT2D eigenvalue weighted by atomic mass is 32.2. The van der Waals surface area contributed by atoms with Gasteiger partial charge >= 0.3 is 0 Å². The summed E-state index contributed by atoms with van der Waals surface area (Å²) in [6.07, 6.45) is 1.77. The fraction of sp³-hybridized carbons (Fsp3) is 0.150. The first-order chi connectivity index (χ1) is 13.5. The molecule has 1 aromatic heterocycles. The zero-order chi connectivity index (χ0) is 20.0. The molecule has 0 fully saturated rings. The van der Waals surface area contributed by atoms with E-state index in [1.54, 1.807) is 25.1 Å². The molecule has 0 aliphatic heterocycles. The molecule has 1 heterocycles. The molecule has 0 saturated heterocycles. The van der Waals surface area contributed by atoms with Gasteiger partial charge in [0.1, 0.15) is 6.33 Å². The third kappa shape index (κ3) is 4.99. The molecule has 28 heavy (non-hydrogen) atoms. The van der Waals surface area contributed by atoms with E-state index in [4.69, 9.17) is 0 Å². The summed E-state index contributed by atoms with van der Waals surface area (Å²) in [7, 11) is -3.71. The minimum Gasteiger partial charge on any atom is -0.326 e. The molecule has 0 aliphatic rings. The number of aromatic nitrogens is 2. The van der Waals surface area contributed by atoms with Crippen LogP contribution >= 0.6 is 0 Å². The number of nitrogens with zero attached hydrogens (tertiary/aromatic N) is 2. The molecule has 144 valence electrons. The number of rotatable bonds is 7. The second-order valence-corrected chi connectivity index (χ2v) is 7.78. The lowest BCUT2D eigenvalue weighted by atomic mass is 10.1. The summed E-state index contributed by atoms with van der Waals surface area (Å²) in [5.41, 5.74) is 2.76. The van der Waals surface area contributed by atoms with Gasteiger partial charge < -0.3 is 5.32 Å². The fourth-order valence-corrected chi connectivity index (χ4v) is 3.48. The SMILES string of the molecule is CCC(=O)Nc1ccc(S(=O)(=O)NCc2cc(-c3ccccc3)ncn2)cc1. The van der Waals surface area contributed by atoms with Crippen molar-refractivity contribution in [1.29, 1.82) is 0 Å². The van der Waals surface area contributed by atoms with Crippen molar-refractivity contribution in [1.82, 2.24) is 14.7 Å². The smallest absolute Gasteiger partial charge is 0.240 e. The van der Waals surface area contributed by atoms with E-state index in [0.717, 1.165) is 11.3 Å². The van der Waals surface area contributed by atoms with Crippen LogP contribution in [-0.2, 0) is 21.4 Å². The first-order valence-electron chi connectivity index (χ1n) is 8.74. The van der Waals surface area contributed by atoms with E-state index in [-0.39, 0.29) is 17.3 Å². The number of amides is 1. The van der Waals surface area contributed by atoms with Gasteiger partial charge in [0, 0.05) is 17.7 Å². The van der Waals surface area contributed by atoms with Gasteiger partial charge in [0.15, 0.2) is 0 Å². The monoisotopic (exact) mass is 396 g/mol. The van der Waals surface area contributed by atoms with Gasteiger partial charge in [0.25, 0.3) is 0 Å². The highest BCUT2D eigenvalue weighted by molar-refractivity contribution is 7.89. The predicted molar refractivity (Wildman–Crippen MR) is 107 cm³/mol. The Morgan fingerprint density at radius 2 is 1.71 bits per heavy atom. The van der Waals surface area contributed by atoms with Crippen molar-refractivity contribution in [2.24, 2.45) is 0 Å². The largest absolute Gasteiger partial charge is 0.326 e. The van der Waals surface area contributed by atoms with Crippen LogP contribution in [0, 0.1) is 0 Å². The van der Waals surface area contributed by atoms with Gasteiger partial charge in [0.2, 0.25) is 15.9 Å². The fourth-order valence-electron chi connectivity index (χ4n) is 2.48. The molecule has 8 heteroatoms. The maximum absolute atomic E-state index is 12.5.